The topological polar surface area (TPSA) is 97.2 Å². The second-order valence-electron chi connectivity index (χ2n) is 8.08. The molecule has 34 heavy (non-hydrogen) atoms. The molecule has 9 nitrogen and oxygen atoms in total. The Bertz CT molecular complexity index is 1190. The van der Waals surface area contributed by atoms with Gasteiger partial charge in [-0.1, -0.05) is 6.92 Å². The molecule has 180 valence electrons. The molecular weight excluding hydrogens is 444 g/mol. The predicted molar refractivity (Wildman–Crippen MR) is 124 cm³/mol. The molecular formula is C23H27F2N7O2. The van der Waals surface area contributed by atoms with Crippen LogP contribution in [0.15, 0.2) is 24.5 Å². The van der Waals surface area contributed by atoms with E-state index in [0.717, 1.165) is 5.56 Å². The fourth-order valence-electron chi connectivity index (χ4n) is 3.97. The van der Waals surface area contributed by atoms with Crippen molar-refractivity contribution in [2.75, 3.05) is 29.2 Å². The second kappa shape index (κ2) is 9.62. The maximum atomic E-state index is 14.1. The lowest BCUT2D eigenvalue weighted by molar-refractivity contribution is -0.117. The summed E-state index contributed by atoms with van der Waals surface area (Å²) in [5, 5.41) is 10.4. The van der Waals surface area contributed by atoms with Crippen LogP contribution >= 0.6 is 0 Å². The normalized spacial score (nSPS) is 15.2. The highest BCUT2D eigenvalue weighted by molar-refractivity contribution is 6.03. The third-order valence-electron chi connectivity index (χ3n) is 5.64. The van der Waals surface area contributed by atoms with Crippen LogP contribution in [0.5, 0.6) is 5.75 Å². The first-order chi connectivity index (χ1) is 16.3. The summed E-state index contributed by atoms with van der Waals surface area (Å²) >= 11 is 0. The smallest absolute Gasteiger partial charge is 0.247 e. The van der Waals surface area contributed by atoms with Crippen molar-refractivity contribution < 1.29 is 18.3 Å². The highest BCUT2D eigenvalue weighted by Crippen LogP contribution is 2.33. The SMILES string of the molecule is CCOc1c(F)cc(Cn2cc(CNc3nc(C)c4c(n3)N(C)[C@@H](CC)C(=O)N4)cn2)cc1F. The van der Waals surface area contributed by atoms with E-state index >= 15 is 0 Å². The number of hydrogen-bond donors (Lipinski definition) is 2. The minimum absolute atomic E-state index is 0.0652. The molecule has 1 amide bonds. The number of anilines is 3. The molecule has 3 aromatic rings. The summed E-state index contributed by atoms with van der Waals surface area (Å²) < 4.78 is 34.8. The van der Waals surface area contributed by atoms with E-state index in [4.69, 9.17) is 4.74 Å². The molecule has 0 aliphatic carbocycles. The number of hydrogen-bond acceptors (Lipinski definition) is 7. The number of ether oxygens (including phenoxy) is 1. The molecule has 0 saturated heterocycles. The van der Waals surface area contributed by atoms with Crippen LogP contribution in [-0.2, 0) is 17.9 Å². The first kappa shape index (κ1) is 23.4. The Morgan fingerprint density at radius 2 is 1.91 bits per heavy atom. The average molecular weight is 472 g/mol. The van der Waals surface area contributed by atoms with E-state index in [-0.39, 0.29) is 30.9 Å². The molecule has 11 heteroatoms. The first-order valence-electron chi connectivity index (χ1n) is 11.1. The standard InChI is InChI=1S/C23H27F2N7O2/c1-5-18-22(33)29-19-13(3)28-23(30-21(19)31(18)4)26-9-15-10-27-32(12-15)11-14-7-16(24)20(34-6-2)17(25)8-14/h7-8,10,12,18H,5-6,9,11H2,1-4H3,(H,29,33)(H,26,28,30)/t18-/m0/s1. The molecule has 0 radical (unpaired) electrons. The largest absolute Gasteiger partial charge is 0.488 e. The summed E-state index contributed by atoms with van der Waals surface area (Å²) in [5.41, 5.74) is 2.56. The third-order valence-corrected chi connectivity index (χ3v) is 5.64. The van der Waals surface area contributed by atoms with Gasteiger partial charge in [0.2, 0.25) is 11.9 Å². The number of aromatic nitrogens is 4. The van der Waals surface area contributed by atoms with Gasteiger partial charge in [-0.3, -0.25) is 9.48 Å². The third kappa shape index (κ3) is 4.63. The van der Waals surface area contributed by atoms with Gasteiger partial charge in [-0.25, -0.2) is 13.8 Å². The number of benzene rings is 1. The van der Waals surface area contributed by atoms with E-state index in [9.17, 15) is 13.6 Å². The van der Waals surface area contributed by atoms with Crippen LogP contribution in [0.1, 0.15) is 37.1 Å². The quantitative estimate of drug-likeness (QED) is 0.519. The molecule has 0 unspecified atom stereocenters. The number of carbonyl (C=O) groups excluding carboxylic acids is 1. The summed E-state index contributed by atoms with van der Waals surface area (Å²) in [6.07, 6.45) is 4.11. The minimum Gasteiger partial charge on any atom is -0.488 e. The Morgan fingerprint density at radius 3 is 2.59 bits per heavy atom. The van der Waals surface area contributed by atoms with E-state index < -0.39 is 11.6 Å². The number of rotatable bonds is 8. The summed E-state index contributed by atoms with van der Waals surface area (Å²) in [7, 11) is 1.85. The van der Waals surface area contributed by atoms with Crippen molar-refractivity contribution in [3.8, 4) is 5.75 Å². The van der Waals surface area contributed by atoms with Crippen LogP contribution in [0.25, 0.3) is 0 Å². The monoisotopic (exact) mass is 471 g/mol. The van der Waals surface area contributed by atoms with Crippen molar-refractivity contribution in [1.29, 1.82) is 0 Å². The van der Waals surface area contributed by atoms with Crippen LogP contribution in [-0.4, -0.2) is 45.4 Å². The number of halogens is 2. The van der Waals surface area contributed by atoms with Gasteiger partial charge < -0.3 is 20.3 Å². The molecule has 1 atom stereocenters. The number of fused-ring (bicyclic) bond motifs is 1. The zero-order valence-electron chi connectivity index (χ0n) is 19.5. The highest BCUT2D eigenvalue weighted by Gasteiger charge is 2.32. The lowest BCUT2D eigenvalue weighted by Gasteiger charge is -2.34. The maximum Gasteiger partial charge on any atom is 0.247 e. The molecule has 1 aliphatic rings. The second-order valence-corrected chi connectivity index (χ2v) is 8.08. The fourth-order valence-corrected chi connectivity index (χ4v) is 3.97. The average Bonchev–Trinajstić information content (AvgIpc) is 3.23. The van der Waals surface area contributed by atoms with E-state index in [1.807, 2.05) is 25.8 Å². The van der Waals surface area contributed by atoms with Crippen molar-refractivity contribution in [3.63, 3.8) is 0 Å². The molecule has 2 aromatic heterocycles. The van der Waals surface area contributed by atoms with Gasteiger partial charge in [-0.2, -0.15) is 10.1 Å². The first-order valence-corrected chi connectivity index (χ1v) is 11.1. The molecule has 1 aromatic carbocycles. The van der Waals surface area contributed by atoms with Crippen molar-refractivity contribution in [2.24, 2.45) is 0 Å². The van der Waals surface area contributed by atoms with Crippen LogP contribution < -0.4 is 20.3 Å². The molecule has 0 fully saturated rings. The van der Waals surface area contributed by atoms with Crippen molar-refractivity contribution in [1.82, 2.24) is 19.7 Å². The van der Waals surface area contributed by atoms with Gasteiger partial charge in [-0.15, -0.1) is 0 Å². The predicted octanol–water partition coefficient (Wildman–Crippen LogP) is 3.49. The number of nitrogens with one attached hydrogen (secondary N) is 2. The minimum atomic E-state index is -0.739. The Hall–Kier alpha value is -3.76. The lowest BCUT2D eigenvalue weighted by atomic mass is 10.1. The van der Waals surface area contributed by atoms with Crippen molar-refractivity contribution in [2.45, 2.75) is 46.3 Å². The lowest BCUT2D eigenvalue weighted by Crippen LogP contribution is -2.46. The maximum absolute atomic E-state index is 14.1. The Balaban J connectivity index is 1.44. The van der Waals surface area contributed by atoms with Gasteiger partial charge in [0.15, 0.2) is 23.2 Å². The van der Waals surface area contributed by atoms with Gasteiger partial charge in [0.05, 0.1) is 25.0 Å². The summed E-state index contributed by atoms with van der Waals surface area (Å²) in [4.78, 5) is 23.2. The van der Waals surface area contributed by atoms with Crippen LogP contribution in [0.4, 0.5) is 26.2 Å². The zero-order valence-corrected chi connectivity index (χ0v) is 19.5. The summed E-state index contributed by atoms with van der Waals surface area (Å²) in [6.45, 7) is 6.22. The van der Waals surface area contributed by atoms with Crippen LogP contribution in [0.3, 0.4) is 0 Å². The molecule has 4 rings (SSSR count). The van der Waals surface area contributed by atoms with E-state index in [1.54, 1.807) is 24.0 Å². The van der Waals surface area contributed by atoms with Crippen molar-refractivity contribution >= 4 is 23.4 Å². The molecule has 0 spiro atoms. The number of likely N-dealkylation sites (N-methyl/N-ethyl adjacent to an activating group) is 1. The van der Waals surface area contributed by atoms with Gasteiger partial charge in [-0.05, 0) is 38.0 Å². The molecule has 3 heterocycles. The number of aryl methyl sites for hydroxylation is 1. The van der Waals surface area contributed by atoms with Gasteiger partial charge in [0, 0.05) is 25.4 Å². The van der Waals surface area contributed by atoms with E-state index in [2.05, 4.69) is 25.7 Å². The zero-order chi connectivity index (χ0) is 24.4. The molecule has 2 N–H and O–H groups in total. The van der Waals surface area contributed by atoms with Gasteiger partial charge in [0.1, 0.15) is 11.7 Å². The van der Waals surface area contributed by atoms with Crippen LogP contribution in [0, 0.1) is 18.6 Å². The summed E-state index contributed by atoms with van der Waals surface area (Å²) in [5.74, 6) is -0.819. The molecule has 1 aliphatic heterocycles. The number of nitrogens with zero attached hydrogens (tertiary/aromatic N) is 5. The number of amides is 1. The fraction of sp³-hybridized carbons (Fsp3) is 0.391. The molecule has 0 bridgehead atoms. The van der Waals surface area contributed by atoms with Crippen LogP contribution in [0.2, 0.25) is 0 Å². The van der Waals surface area contributed by atoms with Gasteiger partial charge >= 0.3 is 0 Å². The molecule has 0 saturated carbocycles. The Labute approximate surface area is 196 Å². The Kier molecular flexibility index (Phi) is 6.62. The summed E-state index contributed by atoms with van der Waals surface area (Å²) in [6, 6.07) is 2.21. The highest BCUT2D eigenvalue weighted by atomic mass is 19.1. The van der Waals surface area contributed by atoms with Gasteiger partial charge in [0.25, 0.3) is 0 Å². The van der Waals surface area contributed by atoms with E-state index in [1.165, 1.54) is 12.1 Å². The Morgan fingerprint density at radius 1 is 1.18 bits per heavy atom. The number of carbonyl (C=O) groups is 1. The van der Waals surface area contributed by atoms with E-state index in [0.29, 0.717) is 41.7 Å². The van der Waals surface area contributed by atoms with Crippen molar-refractivity contribution in [3.05, 3.63) is 53.0 Å².